The molecule has 7 aromatic carbocycles. The fourth-order valence-corrected chi connectivity index (χ4v) is 13.1. The van der Waals surface area contributed by atoms with E-state index < -0.39 is 0 Å². The van der Waals surface area contributed by atoms with Gasteiger partial charge in [-0.25, -0.2) is 4.98 Å². The van der Waals surface area contributed by atoms with Gasteiger partial charge in [0.05, 0.1) is 21.3 Å². The maximum atomic E-state index is 5.34. The Labute approximate surface area is 447 Å². The molecule has 0 atom stereocenters. The lowest BCUT2D eigenvalue weighted by Gasteiger charge is -2.30. The van der Waals surface area contributed by atoms with E-state index in [-0.39, 0.29) is 5.41 Å². The van der Waals surface area contributed by atoms with Crippen LogP contribution < -0.4 is 4.90 Å². The summed E-state index contributed by atoms with van der Waals surface area (Å²) in [6.45, 7) is 20.7. The van der Waals surface area contributed by atoms with Crippen LogP contribution in [0.3, 0.4) is 0 Å². The average Bonchev–Trinajstić information content (AvgIpc) is 3.84. The molecule has 9 aromatic rings. The van der Waals surface area contributed by atoms with Gasteiger partial charge in [-0.3, -0.25) is 0 Å². The number of hydrogen-bond donors (Lipinski definition) is 0. The molecule has 2 aliphatic carbocycles. The van der Waals surface area contributed by atoms with Crippen molar-refractivity contribution in [3.8, 4) is 32.8 Å². The van der Waals surface area contributed by atoms with Crippen molar-refractivity contribution < 1.29 is 0 Å². The van der Waals surface area contributed by atoms with Crippen LogP contribution in [0.25, 0.3) is 61.8 Å². The molecule has 3 heterocycles. The van der Waals surface area contributed by atoms with Gasteiger partial charge in [-0.05, 0) is 160 Å². The monoisotopic (exact) mass is 987 g/mol. The predicted molar refractivity (Wildman–Crippen MR) is 321 cm³/mol. The second kappa shape index (κ2) is 19.5. The average molecular weight is 988 g/mol. The van der Waals surface area contributed by atoms with Crippen molar-refractivity contribution in [3.63, 3.8) is 0 Å². The molecule has 0 bridgehead atoms. The number of rotatable bonds is 10. The molecular weight excluding hydrogens is 927 g/mol. The molecule has 1 aliphatic heterocycles. The van der Waals surface area contributed by atoms with E-state index in [4.69, 9.17) is 11.6 Å². The van der Waals surface area contributed by atoms with Crippen LogP contribution in [0.4, 0.5) is 17.1 Å². The van der Waals surface area contributed by atoms with E-state index in [0.29, 0.717) is 0 Å². The van der Waals surface area contributed by atoms with Crippen molar-refractivity contribution in [2.24, 2.45) is 0 Å². The Morgan fingerprint density at radius 2 is 1.37 bits per heavy atom. The molecule has 0 saturated carbocycles. The SMILES string of the molecule is C=C/C(=C\c1c2c(n(C(=C)/C=C\C(=C/C)c3ccc4c(c3)-c3ccccc3Cc3ccccc3-4)c1C)-c1sc(Cc3ccccc3)nc1CC=C2)c1ccc2c(c1)C(C)(C)Cc1cc(C)ccc1N2c1ccccc1. The van der Waals surface area contributed by atoms with Crippen LogP contribution in [-0.2, 0) is 31.1 Å². The highest BCUT2D eigenvalue weighted by molar-refractivity contribution is 7.15. The van der Waals surface area contributed by atoms with Crippen molar-refractivity contribution in [2.45, 2.75) is 65.7 Å². The summed E-state index contributed by atoms with van der Waals surface area (Å²) in [6.07, 6.45) is 19.0. The highest BCUT2D eigenvalue weighted by Gasteiger charge is 2.34. The first-order valence-corrected chi connectivity index (χ1v) is 27.1. The van der Waals surface area contributed by atoms with Crippen LogP contribution in [-0.4, -0.2) is 9.55 Å². The number of hydrogen-bond acceptors (Lipinski definition) is 3. The highest BCUT2D eigenvalue weighted by Crippen LogP contribution is 2.50. The molecule has 2 aromatic heterocycles. The molecule has 12 rings (SSSR count). The largest absolute Gasteiger partial charge is 0.312 e. The minimum Gasteiger partial charge on any atom is -0.312 e. The van der Waals surface area contributed by atoms with Crippen LogP contribution in [0.5, 0.6) is 0 Å². The molecular formula is C71H61N3S. The van der Waals surface area contributed by atoms with E-state index in [0.717, 1.165) is 81.4 Å². The number of nitrogens with zero attached hydrogens (tertiary/aromatic N) is 3. The lowest BCUT2D eigenvalue weighted by Crippen LogP contribution is -2.20. The zero-order valence-corrected chi connectivity index (χ0v) is 44.4. The number of thiazole rings is 1. The van der Waals surface area contributed by atoms with Gasteiger partial charge >= 0.3 is 0 Å². The van der Waals surface area contributed by atoms with Crippen molar-refractivity contribution in [2.75, 3.05) is 4.90 Å². The maximum absolute atomic E-state index is 5.34. The van der Waals surface area contributed by atoms with Crippen molar-refractivity contribution in [1.29, 1.82) is 0 Å². The standard InChI is InChI=1S/C71H61N3S/c1-8-50(52-34-36-60-58-27-18-16-23-54(58)41-55-24-17-19-28-59(55)63(60)43-52)33-32-47(4)73-48(5)62(61-29-20-30-65-70(69(61)73)75-68(72-65)40-49-21-12-10-13-22-49)42-51(9-2)53-35-38-67-64(44-53)71(6,7)45-56-39-46(3)31-37-66(56)74(67)57-25-14-11-15-26-57/h8-29,31-39,42-44H,2,4,30,40-41,45H2,1,3,5-7H3/b33-32-,50-8+,51-42+. The number of allylic oxidation sites excluding steroid dienone is 8. The summed E-state index contributed by atoms with van der Waals surface area (Å²) in [4.78, 5) is 8.99. The van der Waals surface area contributed by atoms with E-state index in [1.165, 1.54) is 83.0 Å². The van der Waals surface area contributed by atoms with Gasteiger partial charge in [0, 0.05) is 52.4 Å². The fraction of sp³-hybridized carbons (Fsp3) is 0.141. The molecule has 3 nitrogen and oxygen atoms in total. The van der Waals surface area contributed by atoms with Crippen LogP contribution in [0, 0.1) is 13.8 Å². The number of aromatic nitrogens is 2. The third-order valence-corrected chi connectivity index (χ3v) is 16.7. The third-order valence-electron chi connectivity index (χ3n) is 15.6. The minimum absolute atomic E-state index is 0.160. The molecule has 75 heavy (non-hydrogen) atoms. The first-order chi connectivity index (χ1) is 36.6. The quantitative estimate of drug-likeness (QED) is 0.127. The number of anilines is 3. The lowest BCUT2D eigenvalue weighted by molar-refractivity contribution is 0.527. The summed E-state index contributed by atoms with van der Waals surface area (Å²) in [5.74, 6) is 0. The van der Waals surface area contributed by atoms with Gasteiger partial charge in [0.15, 0.2) is 0 Å². The van der Waals surface area contributed by atoms with E-state index >= 15 is 0 Å². The topological polar surface area (TPSA) is 21.1 Å². The summed E-state index contributed by atoms with van der Waals surface area (Å²) in [6, 6.07) is 60.2. The summed E-state index contributed by atoms with van der Waals surface area (Å²) in [5, 5.41) is 1.11. The minimum atomic E-state index is -0.160. The van der Waals surface area contributed by atoms with Gasteiger partial charge in [-0.2, -0.15) is 0 Å². The van der Waals surface area contributed by atoms with Crippen LogP contribution in [0.1, 0.15) is 92.8 Å². The van der Waals surface area contributed by atoms with Crippen molar-refractivity contribution in [3.05, 3.63) is 279 Å². The first-order valence-electron chi connectivity index (χ1n) is 26.3. The second-order valence-electron chi connectivity index (χ2n) is 21.0. The second-order valence-corrected chi connectivity index (χ2v) is 22.1. The molecule has 4 heteroatoms. The molecule has 0 fully saturated rings. The van der Waals surface area contributed by atoms with Gasteiger partial charge in [-0.1, -0.05) is 190 Å². The number of fused-ring (bicyclic) bond motifs is 10. The Balaban J connectivity index is 0.971. The Kier molecular flexibility index (Phi) is 12.4. The van der Waals surface area contributed by atoms with Gasteiger partial charge in [-0.15, -0.1) is 11.3 Å². The molecule has 3 aliphatic rings. The summed E-state index contributed by atoms with van der Waals surface area (Å²) >= 11 is 1.81. The molecule has 366 valence electrons. The molecule has 0 unspecified atom stereocenters. The number of benzene rings is 7. The Morgan fingerprint density at radius 1 is 0.693 bits per heavy atom. The van der Waals surface area contributed by atoms with Gasteiger partial charge in [0.2, 0.25) is 0 Å². The predicted octanol–water partition coefficient (Wildman–Crippen LogP) is 18.8. The Morgan fingerprint density at radius 3 is 2.12 bits per heavy atom. The fourth-order valence-electron chi connectivity index (χ4n) is 11.9. The van der Waals surface area contributed by atoms with Crippen molar-refractivity contribution >= 4 is 57.4 Å². The van der Waals surface area contributed by atoms with E-state index in [1.54, 1.807) is 0 Å². The normalized spacial score (nSPS) is 14.3. The smallest absolute Gasteiger partial charge is 0.0979 e. The zero-order chi connectivity index (χ0) is 51.4. The molecule has 0 radical (unpaired) electrons. The maximum Gasteiger partial charge on any atom is 0.0979 e. The van der Waals surface area contributed by atoms with Crippen LogP contribution >= 0.6 is 11.3 Å². The number of aryl methyl sites for hydroxylation is 1. The van der Waals surface area contributed by atoms with E-state index in [2.05, 4.69) is 251 Å². The van der Waals surface area contributed by atoms with Crippen LogP contribution in [0.2, 0.25) is 0 Å². The summed E-state index contributed by atoms with van der Waals surface area (Å²) < 4.78 is 2.38. The van der Waals surface area contributed by atoms with Gasteiger partial charge in [0.25, 0.3) is 0 Å². The number of para-hydroxylation sites is 1. The third kappa shape index (κ3) is 8.73. The van der Waals surface area contributed by atoms with Crippen molar-refractivity contribution in [1.82, 2.24) is 9.55 Å². The van der Waals surface area contributed by atoms with E-state index in [1.807, 2.05) is 17.4 Å². The molecule has 0 amide bonds. The highest BCUT2D eigenvalue weighted by atomic mass is 32.1. The zero-order valence-electron chi connectivity index (χ0n) is 43.6. The van der Waals surface area contributed by atoms with E-state index in [9.17, 15) is 0 Å². The first kappa shape index (κ1) is 47.7. The van der Waals surface area contributed by atoms with Gasteiger partial charge < -0.3 is 9.47 Å². The summed E-state index contributed by atoms with van der Waals surface area (Å²) in [7, 11) is 0. The molecule has 0 saturated heterocycles. The molecule has 0 N–H and O–H groups in total. The lowest BCUT2D eigenvalue weighted by atomic mass is 9.78. The van der Waals surface area contributed by atoms with Gasteiger partial charge in [0.1, 0.15) is 0 Å². The molecule has 0 spiro atoms. The van der Waals surface area contributed by atoms with Crippen LogP contribution in [0.15, 0.2) is 207 Å². The summed E-state index contributed by atoms with van der Waals surface area (Å²) in [5.41, 5.74) is 27.5. The Hall–Kier alpha value is -8.31. The Bertz CT molecular complexity index is 3870.